The molecule has 0 radical (unpaired) electrons. The number of nitrogens with two attached hydrogens (primary N) is 1. The molecule has 1 amide bonds. The number of nitrogens with zero attached hydrogens (tertiary/aromatic N) is 2. The number of allylic oxidation sites excluding steroid dienone is 2. The van der Waals surface area contributed by atoms with E-state index < -0.39 is 6.10 Å². The van der Waals surface area contributed by atoms with Gasteiger partial charge in [-0.2, -0.15) is 0 Å². The van der Waals surface area contributed by atoms with Crippen LogP contribution in [0.2, 0.25) is 0 Å². The zero-order valence-corrected chi connectivity index (χ0v) is 18.8. The minimum absolute atomic E-state index is 0.0192. The zero-order chi connectivity index (χ0) is 22.5. The van der Waals surface area contributed by atoms with Crippen LogP contribution in [0.1, 0.15) is 34.5 Å². The molecule has 2 aliphatic rings. The molecule has 0 bridgehead atoms. The lowest BCUT2D eigenvalue weighted by atomic mass is 10.0. The summed E-state index contributed by atoms with van der Waals surface area (Å²) in [6, 6.07) is -0.309. The molecule has 32 heavy (non-hydrogen) atoms. The molecule has 4 N–H and O–H groups in total. The maximum Gasteiger partial charge on any atom is 0.261 e. The van der Waals surface area contributed by atoms with Crippen molar-refractivity contribution in [3.05, 3.63) is 40.8 Å². The molecule has 0 aromatic carbocycles. The van der Waals surface area contributed by atoms with Crippen molar-refractivity contribution in [3.63, 3.8) is 0 Å². The molecule has 8 nitrogen and oxygen atoms in total. The first-order valence-corrected chi connectivity index (χ1v) is 11.7. The number of amides is 1. The van der Waals surface area contributed by atoms with Crippen LogP contribution in [0.5, 0.6) is 0 Å². The monoisotopic (exact) mass is 461 g/mol. The Morgan fingerprint density at radius 3 is 2.97 bits per heavy atom. The Hall–Kier alpha value is -2.40. The SMILES string of the molecule is Cc1c(C(=O)NCCCN)sc2ncnc(NC3C=CC(F)=CC3OC3CCOCC3)c12. The lowest BCUT2D eigenvalue weighted by Crippen LogP contribution is -2.39. The van der Waals surface area contributed by atoms with E-state index in [1.807, 2.05) is 6.92 Å². The Bertz CT molecular complexity index is 1020. The highest BCUT2D eigenvalue weighted by Gasteiger charge is 2.28. The summed E-state index contributed by atoms with van der Waals surface area (Å²) < 4.78 is 25.6. The largest absolute Gasteiger partial charge is 0.381 e. The van der Waals surface area contributed by atoms with Crippen molar-refractivity contribution in [2.75, 3.05) is 31.6 Å². The molecule has 3 heterocycles. The summed E-state index contributed by atoms with van der Waals surface area (Å²) in [6.07, 6.45) is 7.95. The predicted octanol–water partition coefficient (Wildman–Crippen LogP) is 2.85. The highest BCUT2D eigenvalue weighted by molar-refractivity contribution is 7.20. The Labute approximate surface area is 190 Å². The second-order valence-electron chi connectivity index (χ2n) is 7.85. The molecule has 2 atom stereocenters. The van der Waals surface area contributed by atoms with Crippen molar-refractivity contribution in [1.82, 2.24) is 15.3 Å². The molecule has 1 fully saturated rings. The van der Waals surface area contributed by atoms with Gasteiger partial charge in [0.05, 0.1) is 22.4 Å². The number of carbonyl (C=O) groups is 1. The Balaban J connectivity index is 1.56. The van der Waals surface area contributed by atoms with Gasteiger partial charge in [0.1, 0.15) is 28.9 Å². The number of ether oxygens (including phenoxy) is 2. The summed E-state index contributed by atoms with van der Waals surface area (Å²) in [5, 5.41) is 7.06. The van der Waals surface area contributed by atoms with E-state index in [0.717, 1.165) is 30.2 Å². The number of hydrogen-bond acceptors (Lipinski definition) is 8. The van der Waals surface area contributed by atoms with Crippen molar-refractivity contribution in [2.24, 2.45) is 5.73 Å². The first-order chi connectivity index (χ1) is 15.6. The molecule has 2 unspecified atom stereocenters. The summed E-state index contributed by atoms with van der Waals surface area (Å²) >= 11 is 1.33. The number of halogens is 1. The van der Waals surface area contributed by atoms with E-state index in [1.54, 1.807) is 6.08 Å². The van der Waals surface area contributed by atoms with E-state index in [-0.39, 0.29) is 23.9 Å². The quantitative estimate of drug-likeness (QED) is 0.518. The maximum absolute atomic E-state index is 14.0. The van der Waals surface area contributed by atoms with Gasteiger partial charge in [0.15, 0.2) is 0 Å². The van der Waals surface area contributed by atoms with Crippen LogP contribution in [0, 0.1) is 6.92 Å². The standard InChI is InChI=1S/C22H28FN5O3S/c1-13-18-20(26-12-27-22(18)32-19(13)21(29)25-8-2-7-24)28-16-4-3-14(23)11-17(16)31-15-5-9-30-10-6-15/h3-4,11-12,15-17H,2,5-10,24H2,1H3,(H,25,29)(H,26,27,28). The molecular formula is C22H28FN5O3S. The molecule has 0 saturated carbocycles. The minimum Gasteiger partial charge on any atom is -0.381 e. The Morgan fingerprint density at radius 1 is 1.38 bits per heavy atom. The van der Waals surface area contributed by atoms with Crippen LogP contribution in [0.15, 0.2) is 30.4 Å². The number of fused-ring (bicyclic) bond motifs is 1. The minimum atomic E-state index is -0.480. The second-order valence-corrected chi connectivity index (χ2v) is 8.85. The van der Waals surface area contributed by atoms with Gasteiger partial charge in [-0.25, -0.2) is 14.4 Å². The summed E-state index contributed by atoms with van der Waals surface area (Å²) in [4.78, 5) is 22.7. The molecule has 10 heteroatoms. The number of carbonyl (C=O) groups excluding carboxylic acids is 1. The van der Waals surface area contributed by atoms with E-state index in [4.69, 9.17) is 15.2 Å². The van der Waals surface area contributed by atoms with E-state index in [9.17, 15) is 9.18 Å². The van der Waals surface area contributed by atoms with Gasteiger partial charge < -0.3 is 25.8 Å². The fourth-order valence-corrected chi connectivity index (χ4v) is 4.91. The molecule has 2 aromatic rings. The van der Waals surface area contributed by atoms with Crippen LogP contribution < -0.4 is 16.4 Å². The molecule has 4 rings (SSSR count). The van der Waals surface area contributed by atoms with E-state index in [2.05, 4.69) is 20.6 Å². The average molecular weight is 462 g/mol. The number of hydrogen-bond donors (Lipinski definition) is 3. The fourth-order valence-electron chi connectivity index (χ4n) is 3.85. The summed E-state index contributed by atoms with van der Waals surface area (Å²) in [7, 11) is 0. The van der Waals surface area contributed by atoms with Gasteiger partial charge >= 0.3 is 0 Å². The van der Waals surface area contributed by atoms with Crippen LogP contribution >= 0.6 is 11.3 Å². The summed E-state index contributed by atoms with van der Waals surface area (Å²) in [6.45, 7) is 4.22. The van der Waals surface area contributed by atoms with Crippen LogP contribution in [-0.4, -0.2) is 60.4 Å². The van der Waals surface area contributed by atoms with E-state index >= 15 is 0 Å². The highest BCUT2D eigenvalue weighted by Crippen LogP contribution is 2.34. The third-order valence-electron chi connectivity index (χ3n) is 5.56. The van der Waals surface area contributed by atoms with Gasteiger partial charge in [-0.3, -0.25) is 4.79 Å². The molecule has 0 spiro atoms. The van der Waals surface area contributed by atoms with Gasteiger partial charge in [-0.05, 0) is 50.4 Å². The predicted molar refractivity (Wildman–Crippen MR) is 123 cm³/mol. The Kier molecular flexibility index (Phi) is 7.46. The number of aromatic nitrogens is 2. The van der Waals surface area contributed by atoms with Crippen molar-refractivity contribution < 1.29 is 18.7 Å². The molecular weight excluding hydrogens is 433 g/mol. The number of thiophene rings is 1. The number of aryl methyl sites for hydroxylation is 1. The third-order valence-corrected chi connectivity index (χ3v) is 6.76. The van der Waals surface area contributed by atoms with Gasteiger partial charge in [0.25, 0.3) is 5.91 Å². The summed E-state index contributed by atoms with van der Waals surface area (Å²) in [5.41, 5.74) is 6.31. The number of anilines is 1. The zero-order valence-electron chi connectivity index (χ0n) is 18.0. The topological polar surface area (TPSA) is 111 Å². The van der Waals surface area contributed by atoms with Crippen molar-refractivity contribution in [3.8, 4) is 0 Å². The summed E-state index contributed by atoms with van der Waals surface area (Å²) in [5.74, 6) is 0.125. The first kappa shape index (κ1) is 22.8. The van der Waals surface area contributed by atoms with E-state index in [1.165, 1.54) is 29.8 Å². The highest BCUT2D eigenvalue weighted by atomic mass is 32.1. The first-order valence-electron chi connectivity index (χ1n) is 10.8. The lowest BCUT2D eigenvalue weighted by molar-refractivity contribution is -0.0554. The smallest absolute Gasteiger partial charge is 0.261 e. The van der Waals surface area contributed by atoms with Crippen molar-refractivity contribution >= 4 is 33.3 Å². The van der Waals surface area contributed by atoms with Crippen molar-refractivity contribution in [2.45, 2.75) is 44.4 Å². The third kappa shape index (κ3) is 5.15. The van der Waals surface area contributed by atoms with Gasteiger partial charge in [-0.15, -0.1) is 11.3 Å². The second kappa shape index (κ2) is 10.5. The Morgan fingerprint density at radius 2 is 2.19 bits per heavy atom. The van der Waals surface area contributed by atoms with E-state index in [0.29, 0.717) is 41.8 Å². The average Bonchev–Trinajstić information content (AvgIpc) is 3.14. The number of rotatable bonds is 8. The molecule has 2 aromatic heterocycles. The lowest BCUT2D eigenvalue weighted by Gasteiger charge is -2.31. The fraction of sp³-hybridized carbons (Fsp3) is 0.500. The molecule has 1 aliphatic heterocycles. The molecule has 1 saturated heterocycles. The van der Waals surface area contributed by atoms with Crippen LogP contribution in [0.25, 0.3) is 10.2 Å². The van der Waals surface area contributed by atoms with Gasteiger partial charge in [0, 0.05) is 19.8 Å². The van der Waals surface area contributed by atoms with Crippen LogP contribution in [0.3, 0.4) is 0 Å². The molecule has 1 aliphatic carbocycles. The van der Waals surface area contributed by atoms with Gasteiger partial charge in [0.2, 0.25) is 0 Å². The van der Waals surface area contributed by atoms with Crippen molar-refractivity contribution in [1.29, 1.82) is 0 Å². The maximum atomic E-state index is 14.0. The number of nitrogens with one attached hydrogen (secondary N) is 2. The molecule has 172 valence electrons. The van der Waals surface area contributed by atoms with Crippen LogP contribution in [-0.2, 0) is 9.47 Å². The van der Waals surface area contributed by atoms with Gasteiger partial charge in [-0.1, -0.05) is 6.08 Å². The van der Waals surface area contributed by atoms with Crippen LogP contribution in [0.4, 0.5) is 10.2 Å². The normalized spacial score (nSPS) is 21.5.